The number of aryl methyl sites for hydroxylation is 4. The van der Waals surface area contributed by atoms with Gasteiger partial charge in [0.2, 0.25) is 5.62 Å². The Morgan fingerprint density at radius 1 is 0.771 bits per heavy atom. The molecule has 0 fully saturated rings. The molecule has 5 nitrogen and oxygen atoms in total. The Morgan fingerprint density at radius 3 is 1.54 bits per heavy atom. The van der Waals surface area contributed by atoms with E-state index < -0.39 is 0 Å². The van der Waals surface area contributed by atoms with Crippen LogP contribution in [0.15, 0.2) is 48.5 Å². The van der Waals surface area contributed by atoms with Crippen molar-refractivity contribution in [2.75, 3.05) is 14.2 Å². The van der Waals surface area contributed by atoms with E-state index in [1.54, 1.807) is 14.2 Å². The Hall–Kier alpha value is -1.14. The lowest BCUT2D eigenvalue weighted by Gasteiger charge is -2.10. The number of ether oxygens (including phenoxy) is 2. The molecule has 0 aliphatic heterocycles. The molecule has 0 spiro atoms. The summed E-state index contributed by atoms with van der Waals surface area (Å²) < 4.78 is 17.2. The number of hydrogen-bond donors (Lipinski definition) is 1. The zero-order valence-corrected chi connectivity index (χ0v) is 25.7. The number of rotatable bonds is 8. The first-order valence-corrected chi connectivity index (χ1v) is 13.5. The van der Waals surface area contributed by atoms with Crippen molar-refractivity contribution in [2.45, 2.75) is 25.9 Å². The Morgan fingerprint density at radius 2 is 1.17 bits per heavy atom. The Labute approximate surface area is 247 Å². The molecule has 0 saturated carbocycles. The van der Waals surface area contributed by atoms with E-state index in [9.17, 15) is 0 Å². The predicted molar refractivity (Wildman–Crippen MR) is 162 cm³/mol. The van der Waals surface area contributed by atoms with E-state index in [1.807, 2.05) is 57.7 Å². The monoisotopic (exact) mass is 757 g/mol. The van der Waals surface area contributed by atoms with Crippen molar-refractivity contribution in [3.05, 3.63) is 82.5 Å². The fourth-order valence-electron chi connectivity index (χ4n) is 4.06. The van der Waals surface area contributed by atoms with Gasteiger partial charge in [-0.05, 0) is 81.3 Å². The van der Waals surface area contributed by atoms with Crippen LogP contribution in [0.25, 0.3) is 11.0 Å². The Bertz CT molecular complexity index is 1320. The molecular formula is C25H24Cl3I2N3O2. The molecule has 0 bridgehead atoms. The maximum absolute atomic E-state index is 9.03. The normalized spacial score (nSPS) is 10.9. The second kappa shape index (κ2) is 12.4. The van der Waals surface area contributed by atoms with Gasteiger partial charge in [0.05, 0.1) is 35.3 Å². The minimum absolute atomic E-state index is 0. The number of aromatic nitrogens is 2. The van der Waals surface area contributed by atoms with Crippen LogP contribution in [0.5, 0.6) is 11.5 Å². The lowest BCUT2D eigenvalue weighted by atomic mass is 10.1. The van der Waals surface area contributed by atoms with E-state index in [4.69, 9.17) is 38.1 Å². The van der Waals surface area contributed by atoms with E-state index in [2.05, 4.69) is 45.2 Å². The van der Waals surface area contributed by atoms with Gasteiger partial charge in [-0.25, -0.2) is 0 Å². The van der Waals surface area contributed by atoms with Gasteiger partial charge in [-0.1, -0.05) is 47.5 Å². The third kappa shape index (κ3) is 5.89. The van der Waals surface area contributed by atoms with Gasteiger partial charge >= 0.3 is 0 Å². The molecule has 1 N–H and O–H groups in total. The van der Waals surface area contributed by atoms with E-state index in [1.165, 1.54) is 0 Å². The van der Waals surface area contributed by atoms with Crippen molar-refractivity contribution < 1.29 is 9.47 Å². The van der Waals surface area contributed by atoms with Crippen molar-refractivity contribution in [2.24, 2.45) is 0 Å². The molecule has 10 heteroatoms. The van der Waals surface area contributed by atoms with Gasteiger partial charge in [-0.15, -0.1) is 12.4 Å². The average Bonchev–Trinajstić information content (AvgIpc) is 3.09. The van der Waals surface area contributed by atoms with Gasteiger partial charge in [0.1, 0.15) is 0 Å². The minimum Gasteiger partial charge on any atom is -0.493 e. The molecule has 4 rings (SSSR count). The molecule has 0 atom stereocenters. The van der Waals surface area contributed by atoms with Crippen LogP contribution in [0, 0.1) is 12.5 Å². The zero-order chi connectivity index (χ0) is 24.4. The van der Waals surface area contributed by atoms with Gasteiger partial charge in [0, 0.05) is 32.4 Å². The number of benzene rings is 3. The lowest BCUT2D eigenvalue weighted by Crippen LogP contribution is -2.26. The second-order valence-electron chi connectivity index (χ2n) is 7.75. The number of nitrogens with one attached hydrogen (secondary N) is 1. The first kappa shape index (κ1) is 28.4. The van der Waals surface area contributed by atoms with E-state index in [0.29, 0.717) is 43.0 Å². The van der Waals surface area contributed by atoms with Crippen LogP contribution in [0.2, 0.25) is 10.0 Å². The third-order valence-electron chi connectivity index (χ3n) is 5.85. The quantitative estimate of drug-likeness (QED) is 0.191. The van der Waals surface area contributed by atoms with Gasteiger partial charge in [0.25, 0.3) is 0 Å². The molecular weight excluding hydrogens is 734 g/mol. The Balaban J connectivity index is 0.00000342. The third-order valence-corrected chi connectivity index (χ3v) is 9.17. The van der Waals surface area contributed by atoms with Crippen molar-refractivity contribution >= 4 is 91.8 Å². The molecule has 35 heavy (non-hydrogen) atoms. The molecule has 0 radical (unpaired) electrons. The van der Waals surface area contributed by atoms with Crippen molar-refractivity contribution in [3.8, 4) is 11.5 Å². The van der Waals surface area contributed by atoms with Crippen molar-refractivity contribution in [1.29, 1.82) is 5.41 Å². The zero-order valence-electron chi connectivity index (χ0n) is 19.1. The van der Waals surface area contributed by atoms with Crippen LogP contribution >= 0.6 is 80.8 Å². The van der Waals surface area contributed by atoms with Crippen LogP contribution in [0.1, 0.15) is 11.1 Å². The SMILES string of the molecule is COc1cc2c(cc1OC)n(CCc1cccc(I)c1Cl)c(=N)n2CCc1cccc(I)c1Cl.Cl. The topological polar surface area (TPSA) is 52.2 Å². The summed E-state index contributed by atoms with van der Waals surface area (Å²) in [5.74, 6) is 1.27. The molecule has 1 heterocycles. The molecule has 1 aromatic heterocycles. The lowest BCUT2D eigenvalue weighted by molar-refractivity contribution is 0.355. The highest BCUT2D eigenvalue weighted by atomic mass is 127. The van der Waals surface area contributed by atoms with Crippen LogP contribution in [0.3, 0.4) is 0 Å². The van der Waals surface area contributed by atoms with Crippen molar-refractivity contribution in [1.82, 2.24) is 9.13 Å². The number of halogens is 5. The number of fused-ring (bicyclic) bond motifs is 1. The molecule has 0 saturated heterocycles. The first-order chi connectivity index (χ1) is 16.3. The number of imidazole rings is 1. The highest BCUT2D eigenvalue weighted by Gasteiger charge is 2.17. The summed E-state index contributed by atoms with van der Waals surface area (Å²) in [6, 6.07) is 16.0. The van der Waals surface area contributed by atoms with Crippen molar-refractivity contribution in [3.63, 3.8) is 0 Å². The maximum atomic E-state index is 9.03. The molecule has 186 valence electrons. The standard InChI is InChI=1S/C25H23Cl2I2N3O2.ClH/c1-33-21-13-19-20(14-22(21)34-2)32(12-10-16-6-4-8-18(29)24(16)27)25(30)31(19)11-9-15-5-3-7-17(28)23(15)26;/h3-8,13-14,30H,9-12H2,1-2H3;1H. The van der Waals surface area contributed by atoms with Gasteiger partial charge in [0.15, 0.2) is 11.5 Å². The van der Waals surface area contributed by atoms with Gasteiger partial charge < -0.3 is 18.6 Å². The summed E-state index contributed by atoms with van der Waals surface area (Å²) in [6.45, 7) is 1.23. The predicted octanol–water partition coefficient (Wildman–Crippen LogP) is 7.36. The Kier molecular flexibility index (Phi) is 10.1. The van der Waals surface area contributed by atoms with E-state index in [-0.39, 0.29) is 12.4 Å². The summed E-state index contributed by atoms with van der Waals surface area (Å²) in [6.07, 6.45) is 1.42. The average molecular weight is 759 g/mol. The van der Waals surface area contributed by atoms with Crippen LogP contribution in [-0.2, 0) is 25.9 Å². The minimum atomic E-state index is 0. The largest absolute Gasteiger partial charge is 0.493 e. The molecule has 0 aliphatic carbocycles. The van der Waals surface area contributed by atoms with Gasteiger partial charge in [-0.3, -0.25) is 5.41 Å². The summed E-state index contributed by atoms with van der Waals surface area (Å²) in [5, 5.41) is 10.6. The smallest absolute Gasteiger partial charge is 0.203 e. The summed E-state index contributed by atoms with van der Waals surface area (Å²) in [4.78, 5) is 0. The first-order valence-electron chi connectivity index (χ1n) is 10.6. The van der Waals surface area contributed by atoms with E-state index >= 15 is 0 Å². The van der Waals surface area contributed by atoms with Gasteiger partial charge in [-0.2, -0.15) is 0 Å². The summed E-state index contributed by atoms with van der Waals surface area (Å²) in [5.41, 5.74) is 4.37. The van der Waals surface area contributed by atoms with Crippen LogP contribution in [0.4, 0.5) is 0 Å². The molecule has 0 amide bonds. The highest BCUT2D eigenvalue weighted by Crippen LogP contribution is 2.33. The molecule has 4 aromatic rings. The number of methoxy groups -OCH3 is 2. The summed E-state index contributed by atoms with van der Waals surface area (Å²) >= 11 is 17.6. The molecule has 3 aromatic carbocycles. The molecule has 0 unspecified atom stereocenters. The second-order valence-corrected chi connectivity index (χ2v) is 10.8. The maximum Gasteiger partial charge on any atom is 0.203 e. The highest BCUT2D eigenvalue weighted by molar-refractivity contribution is 14.1. The summed E-state index contributed by atoms with van der Waals surface area (Å²) in [7, 11) is 3.24. The number of hydrogen-bond acceptors (Lipinski definition) is 3. The number of nitrogens with zero attached hydrogens (tertiary/aromatic N) is 2. The fraction of sp³-hybridized carbons (Fsp3) is 0.240. The fourth-order valence-corrected chi connectivity index (χ4v) is 5.61. The molecule has 0 aliphatic rings. The van der Waals surface area contributed by atoms with Crippen LogP contribution < -0.4 is 15.1 Å². The van der Waals surface area contributed by atoms with E-state index in [0.717, 1.165) is 39.3 Å². The van der Waals surface area contributed by atoms with Crippen LogP contribution in [-0.4, -0.2) is 23.4 Å².